The van der Waals surface area contributed by atoms with Crippen LogP contribution in [0.3, 0.4) is 0 Å². The Morgan fingerprint density at radius 1 is 1.10 bits per heavy atom. The standard InChI is InChI=1S/C9H20NO.2H2O4S/c1-3-4-5-10(2)6-8-11-9-7-10;2*1-5(2,3)4/h3-9H2,1-2H3;2*(H2,1,2,3,4)/q+1;;/p-1. The normalized spacial score (nSPS) is 17.8. The first-order valence-corrected chi connectivity index (χ1v) is 8.82. The highest BCUT2D eigenvalue weighted by molar-refractivity contribution is 7.80. The van der Waals surface area contributed by atoms with E-state index in [4.69, 9.17) is 39.8 Å². The Balaban J connectivity index is 0. The quantitative estimate of drug-likeness (QED) is 0.348. The molecule has 130 valence electrons. The van der Waals surface area contributed by atoms with Gasteiger partial charge in [0.15, 0.2) is 0 Å². The third kappa shape index (κ3) is 28.5. The van der Waals surface area contributed by atoms with Crippen LogP contribution in [0.25, 0.3) is 0 Å². The van der Waals surface area contributed by atoms with E-state index in [9.17, 15) is 0 Å². The fraction of sp³-hybridized carbons (Fsp3) is 1.00. The van der Waals surface area contributed by atoms with Gasteiger partial charge in [-0.3, -0.25) is 13.7 Å². The molecule has 0 aromatic carbocycles. The number of hydrogen-bond acceptors (Lipinski definition) is 6. The molecule has 1 fully saturated rings. The second-order valence-corrected chi connectivity index (χ2v) is 6.38. The number of hydrogen-bond donors (Lipinski definition) is 3. The highest BCUT2D eigenvalue weighted by atomic mass is 32.3. The summed E-state index contributed by atoms with van der Waals surface area (Å²) in [6.45, 7) is 7.92. The topological polar surface area (TPSA) is 161 Å². The van der Waals surface area contributed by atoms with Crippen molar-refractivity contribution in [2.75, 3.05) is 39.9 Å². The van der Waals surface area contributed by atoms with Crippen molar-refractivity contribution in [3.8, 4) is 0 Å². The molecule has 0 amide bonds. The van der Waals surface area contributed by atoms with Crippen LogP contribution in [-0.2, 0) is 25.5 Å². The van der Waals surface area contributed by atoms with E-state index in [0.717, 1.165) is 13.2 Å². The number of ether oxygens (including phenoxy) is 1. The van der Waals surface area contributed by atoms with Gasteiger partial charge in [0.1, 0.15) is 13.1 Å². The van der Waals surface area contributed by atoms with Gasteiger partial charge in [-0.1, -0.05) is 13.3 Å². The first kappa shape index (κ1) is 22.9. The second-order valence-electron chi connectivity index (χ2n) is 4.63. The molecule has 0 unspecified atom stereocenters. The third-order valence-electron chi connectivity index (χ3n) is 2.60. The highest BCUT2D eigenvalue weighted by Gasteiger charge is 2.23. The maximum absolute atomic E-state index is 8.74. The SMILES string of the molecule is CCCC[N+]1(C)CCOCC1.O=S(=O)(O)O.O=S(=O)([O-])O. The molecule has 0 aliphatic carbocycles. The van der Waals surface area contributed by atoms with E-state index in [2.05, 4.69) is 14.0 Å². The van der Waals surface area contributed by atoms with Gasteiger partial charge in [0.25, 0.3) is 0 Å². The summed E-state index contributed by atoms with van der Waals surface area (Å²) < 4.78 is 71.0. The van der Waals surface area contributed by atoms with E-state index in [1.54, 1.807) is 0 Å². The van der Waals surface area contributed by atoms with Gasteiger partial charge in [-0.25, -0.2) is 8.42 Å². The Kier molecular flexibility index (Phi) is 11.4. The van der Waals surface area contributed by atoms with E-state index in [0.29, 0.717) is 0 Å². The largest absolute Gasteiger partial charge is 0.726 e. The van der Waals surface area contributed by atoms with Crippen molar-refractivity contribution >= 4 is 20.8 Å². The molecule has 1 rings (SSSR count). The molecule has 12 heteroatoms. The maximum Gasteiger partial charge on any atom is 0.394 e. The number of morpholine rings is 1. The first-order chi connectivity index (χ1) is 9.27. The average Bonchev–Trinajstić information content (AvgIpc) is 2.23. The smallest absolute Gasteiger partial charge is 0.394 e. The zero-order chi connectivity index (χ0) is 17.2. The summed E-state index contributed by atoms with van der Waals surface area (Å²) in [5.74, 6) is 0. The number of likely N-dealkylation sites (N-methyl/N-ethyl adjacent to an activating group) is 1. The van der Waals surface area contributed by atoms with Crippen LogP contribution in [0.1, 0.15) is 19.8 Å². The third-order valence-corrected chi connectivity index (χ3v) is 2.60. The summed E-state index contributed by atoms with van der Waals surface area (Å²) in [6, 6.07) is 0. The summed E-state index contributed by atoms with van der Waals surface area (Å²) in [6.07, 6.45) is 2.67. The van der Waals surface area contributed by atoms with Crippen molar-refractivity contribution in [1.82, 2.24) is 0 Å². The molecule has 21 heavy (non-hydrogen) atoms. The van der Waals surface area contributed by atoms with Crippen molar-refractivity contribution < 1.29 is 44.3 Å². The van der Waals surface area contributed by atoms with Crippen LogP contribution in [0.5, 0.6) is 0 Å². The summed E-state index contributed by atoms with van der Waals surface area (Å²) >= 11 is 0. The highest BCUT2D eigenvalue weighted by Crippen LogP contribution is 2.08. The Morgan fingerprint density at radius 3 is 1.71 bits per heavy atom. The fourth-order valence-electron chi connectivity index (χ4n) is 1.55. The monoisotopic (exact) mass is 353 g/mol. The van der Waals surface area contributed by atoms with Gasteiger partial charge >= 0.3 is 10.4 Å². The number of nitrogens with zero attached hydrogens (tertiary/aromatic N) is 1. The van der Waals surface area contributed by atoms with Gasteiger partial charge in [0, 0.05) is 0 Å². The van der Waals surface area contributed by atoms with Gasteiger partial charge in [0.05, 0.1) is 26.8 Å². The lowest BCUT2D eigenvalue weighted by Gasteiger charge is -2.37. The van der Waals surface area contributed by atoms with E-state index in [1.807, 2.05) is 0 Å². The van der Waals surface area contributed by atoms with Crippen LogP contribution in [0.4, 0.5) is 0 Å². The zero-order valence-corrected chi connectivity index (χ0v) is 13.6. The summed E-state index contributed by atoms with van der Waals surface area (Å²) in [5, 5.41) is 0. The molecule has 0 spiro atoms. The van der Waals surface area contributed by atoms with E-state index < -0.39 is 20.8 Å². The molecular formula is C9H23NO9S2. The predicted octanol–water partition coefficient (Wildman–Crippen LogP) is -0.385. The van der Waals surface area contributed by atoms with Gasteiger partial charge < -0.3 is 13.8 Å². The number of quaternary nitrogens is 1. The van der Waals surface area contributed by atoms with Crippen LogP contribution >= 0.6 is 0 Å². The van der Waals surface area contributed by atoms with Crippen LogP contribution in [0.15, 0.2) is 0 Å². The van der Waals surface area contributed by atoms with E-state index in [-0.39, 0.29) is 0 Å². The minimum atomic E-state index is -4.92. The van der Waals surface area contributed by atoms with E-state index in [1.165, 1.54) is 37.0 Å². The van der Waals surface area contributed by atoms with Crippen LogP contribution in [0, 0.1) is 0 Å². The van der Waals surface area contributed by atoms with Crippen LogP contribution in [0.2, 0.25) is 0 Å². The molecule has 3 N–H and O–H groups in total. The van der Waals surface area contributed by atoms with E-state index >= 15 is 0 Å². The second kappa shape index (κ2) is 10.4. The average molecular weight is 353 g/mol. The Labute approximate surface area is 125 Å². The lowest BCUT2D eigenvalue weighted by atomic mass is 10.2. The molecular weight excluding hydrogens is 330 g/mol. The summed E-state index contributed by atoms with van der Waals surface area (Å²) in [7, 11) is -7.24. The van der Waals surface area contributed by atoms with Crippen molar-refractivity contribution in [3.63, 3.8) is 0 Å². The number of unbranched alkanes of at least 4 members (excludes halogenated alkanes) is 1. The van der Waals surface area contributed by atoms with Gasteiger partial charge in [-0.15, -0.1) is 0 Å². The molecule has 1 heterocycles. The van der Waals surface area contributed by atoms with Gasteiger partial charge in [-0.05, 0) is 6.42 Å². The maximum atomic E-state index is 8.74. The first-order valence-electron chi connectivity index (χ1n) is 6.06. The lowest BCUT2D eigenvalue weighted by molar-refractivity contribution is -0.917. The molecule has 0 atom stereocenters. The van der Waals surface area contributed by atoms with Crippen molar-refractivity contribution in [3.05, 3.63) is 0 Å². The molecule has 0 aromatic rings. The molecule has 0 saturated carbocycles. The molecule has 1 aliphatic rings. The van der Waals surface area contributed by atoms with Gasteiger partial charge in [0.2, 0.25) is 10.4 Å². The van der Waals surface area contributed by atoms with Crippen LogP contribution in [-0.4, -0.2) is 79.4 Å². The summed E-state index contributed by atoms with van der Waals surface area (Å²) in [4.78, 5) is 0. The Bertz CT molecular complexity index is 408. The zero-order valence-electron chi connectivity index (χ0n) is 12.0. The van der Waals surface area contributed by atoms with Crippen molar-refractivity contribution in [1.29, 1.82) is 0 Å². The molecule has 0 aromatic heterocycles. The lowest BCUT2D eigenvalue weighted by Crippen LogP contribution is -2.52. The Morgan fingerprint density at radius 2 is 1.43 bits per heavy atom. The van der Waals surface area contributed by atoms with Gasteiger partial charge in [-0.2, -0.15) is 8.42 Å². The minimum Gasteiger partial charge on any atom is -0.726 e. The minimum absolute atomic E-state index is 0.959. The molecule has 1 saturated heterocycles. The van der Waals surface area contributed by atoms with Crippen molar-refractivity contribution in [2.45, 2.75) is 19.8 Å². The molecule has 10 nitrogen and oxygen atoms in total. The predicted molar refractivity (Wildman–Crippen MR) is 73.0 cm³/mol. The summed E-state index contributed by atoms with van der Waals surface area (Å²) in [5.41, 5.74) is 0. The Hall–Kier alpha value is -0.340. The fourth-order valence-corrected chi connectivity index (χ4v) is 1.55. The molecule has 1 aliphatic heterocycles. The van der Waals surface area contributed by atoms with Crippen LogP contribution < -0.4 is 0 Å². The molecule has 0 bridgehead atoms. The number of rotatable bonds is 3. The van der Waals surface area contributed by atoms with Crippen molar-refractivity contribution in [2.24, 2.45) is 0 Å². The molecule has 0 radical (unpaired) electrons.